The number of benzene rings is 2. The van der Waals surface area contributed by atoms with Gasteiger partial charge in [0, 0.05) is 12.2 Å². The second kappa shape index (κ2) is 10.1. The fourth-order valence-corrected chi connectivity index (χ4v) is 7.01. The lowest BCUT2D eigenvalue weighted by atomic mass is 9.66. The van der Waals surface area contributed by atoms with Gasteiger partial charge in [-0.1, -0.05) is 56.3 Å². The van der Waals surface area contributed by atoms with Crippen LogP contribution in [0.15, 0.2) is 48.5 Å². The highest BCUT2D eigenvalue weighted by Crippen LogP contribution is 2.63. The van der Waals surface area contributed by atoms with Gasteiger partial charge in [0.05, 0.1) is 30.1 Å². The molecule has 3 aliphatic rings. The maximum Gasteiger partial charge on any atom is 0.250 e. The summed E-state index contributed by atoms with van der Waals surface area (Å²) < 4.78 is 6.69. The van der Waals surface area contributed by atoms with Crippen molar-refractivity contribution in [3.63, 3.8) is 0 Å². The summed E-state index contributed by atoms with van der Waals surface area (Å²) in [7, 11) is 0. The fraction of sp³-hybridized carbons (Fsp3) is 0.516. The van der Waals surface area contributed by atoms with Crippen LogP contribution >= 0.6 is 0 Å². The van der Waals surface area contributed by atoms with E-state index in [0.717, 1.165) is 16.7 Å². The zero-order valence-electron chi connectivity index (χ0n) is 23.4. The molecule has 2 bridgehead atoms. The topological polar surface area (TPSA) is 108 Å². The molecule has 3 N–H and O–H groups in total. The highest BCUT2D eigenvalue weighted by atomic mass is 16.5. The molecule has 0 saturated carbocycles. The molecule has 3 amide bonds. The third kappa shape index (κ3) is 4.43. The molecule has 8 nitrogen and oxygen atoms in total. The molecule has 6 atom stereocenters. The quantitative estimate of drug-likeness (QED) is 0.483. The summed E-state index contributed by atoms with van der Waals surface area (Å²) in [6.45, 7) is 9.65. The van der Waals surface area contributed by atoms with E-state index in [4.69, 9.17) is 4.74 Å². The Morgan fingerprint density at radius 1 is 1.10 bits per heavy atom. The maximum absolute atomic E-state index is 14.3. The Labute approximate surface area is 230 Å². The average Bonchev–Trinajstić information content (AvgIpc) is 3.46. The third-order valence-corrected chi connectivity index (χ3v) is 9.02. The first-order chi connectivity index (χ1) is 18.5. The molecule has 8 heteroatoms. The number of carbonyl (C=O) groups is 3. The van der Waals surface area contributed by atoms with Gasteiger partial charge in [0.1, 0.15) is 11.6 Å². The number of ether oxygens (including phenoxy) is 1. The molecule has 3 fully saturated rings. The van der Waals surface area contributed by atoms with Crippen LogP contribution in [-0.4, -0.2) is 57.6 Å². The number of amides is 3. The normalized spacial score (nSPS) is 30.0. The van der Waals surface area contributed by atoms with E-state index >= 15 is 0 Å². The number of aryl methyl sites for hydroxylation is 2. The van der Waals surface area contributed by atoms with E-state index < -0.39 is 35.1 Å². The van der Waals surface area contributed by atoms with Gasteiger partial charge in [0.2, 0.25) is 17.7 Å². The van der Waals surface area contributed by atoms with Crippen LogP contribution in [0.4, 0.5) is 5.69 Å². The summed E-state index contributed by atoms with van der Waals surface area (Å²) in [5.74, 6) is -2.56. The number of hydrogen-bond donors (Lipinski definition) is 3. The second-order valence-electron chi connectivity index (χ2n) is 12.0. The van der Waals surface area contributed by atoms with Crippen LogP contribution in [0.2, 0.25) is 0 Å². The Hall–Kier alpha value is -3.23. The fourth-order valence-electron chi connectivity index (χ4n) is 7.01. The van der Waals surface area contributed by atoms with Crippen LogP contribution in [0.1, 0.15) is 50.3 Å². The number of nitrogens with one attached hydrogen (secondary N) is 2. The van der Waals surface area contributed by atoms with Crippen molar-refractivity contribution >= 4 is 23.4 Å². The number of likely N-dealkylation sites (tertiary alicyclic amines) is 1. The van der Waals surface area contributed by atoms with E-state index in [-0.39, 0.29) is 30.2 Å². The predicted octanol–water partition coefficient (Wildman–Crippen LogP) is 3.34. The Kier molecular flexibility index (Phi) is 7.06. The molecule has 3 aliphatic heterocycles. The molecule has 0 aromatic heterocycles. The second-order valence-corrected chi connectivity index (χ2v) is 12.0. The van der Waals surface area contributed by atoms with E-state index in [2.05, 4.69) is 10.6 Å². The molecule has 39 heavy (non-hydrogen) atoms. The average molecular weight is 534 g/mol. The number of carbonyl (C=O) groups excluding carboxylic acids is 3. The maximum atomic E-state index is 14.3. The predicted molar refractivity (Wildman–Crippen MR) is 148 cm³/mol. The number of hydrogen-bond acceptors (Lipinski definition) is 5. The summed E-state index contributed by atoms with van der Waals surface area (Å²) in [6.07, 6.45) is 1.05. The van der Waals surface area contributed by atoms with E-state index in [1.165, 1.54) is 4.90 Å². The first-order valence-corrected chi connectivity index (χ1v) is 13.9. The first-order valence-electron chi connectivity index (χ1n) is 13.9. The van der Waals surface area contributed by atoms with Crippen LogP contribution in [-0.2, 0) is 25.7 Å². The van der Waals surface area contributed by atoms with Crippen LogP contribution in [0.3, 0.4) is 0 Å². The summed E-state index contributed by atoms with van der Waals surface area (Å²) in [5.41, 5.74) is 1.53. The molecule has 2 aromatic rings. The van der Waals surface area contributed by atoms with E-state index in [0.29, 0.717) is 25.1 Å². The van der Waals surface area contributed by atoms with Crippen LogP contribution in [0.5, 0.6) is 0 Å². The lowest BCUT2D eigenvalue weighted by Gasteiger charge is -2.38. The van der Waals surface area contributed by atoms with Crippen molar-refractivity contribution in [1.29, 1.82) is 0 Å². The van der Waals surface area contributed by atoms with Crippen molar-refractivity contribution < 1.29 is 24.2 Å². The molecule has 0 aliphatic carbocycles. The molecule has 5 rings (SSSR count). The lowest BCUT2D eigenvalue weighted by molar-refractivity contribution is -0.149. The minimum atomic E-state index is -1.15. The molecule has 2 unspecified atom stereocenters. The van der Waals surface area contributed by atoms with Gasteiger partial charge in [-0.05, 0) is 62.3 Å². The van der Waals surface area contributed by atoms with E-state index in [9.17, 15) is 19.5 Å². The van der Waals surface area contributed by atoms with Gasteiger partial charge < -0.3 is 25.4 Å². The smallest absolute Gasteiger partial charge is 0.250 e. The van der Waals surface area contributed by atoms with Crippen molar-refractivity contribution in [2.45, 2.75) is 77.3 Å². The van der Waals surface area contributed by atoms with Crippen molar-refractivity contribution in [3.8, 4) is 0 Å². The molecule has 2 aromatic carbocycles. The monoisotopic (exact) mass is 533 g/mol. The molecular formula is C31H39N3O5. The first kappa shape index (κ1) is 27.3. The highest BCUT2D eigenvalue weighted by molar-refractivity contribution is 6.04. The van der Waals surface area contributed by atoms with Gasteiger partial charge in [0.15, 0.2) is 0 Å². The molecule has 3 saturated heterocycles. The van der Waals surface area contributed by atoms with Crippen LogP contribution in [0.25, 0.3) is 0 Å². The van der Waals surface area contributed by atoms with Crippen LogP contribution < -0.4 is 10.6 Å². The van der Waals surface area contributed by atoms with Crippen molar-refractivity contribution in [2.24, 2.45) is 17.8 Å². The Bertz CT molecular complexity index is 1280. The van der Waals surface area contributed by atoms with Crippen molar-refractivity contribution in [3.05, 3.63) is 65.2 Å². The molecule has 1 spiro atoms. The van der Waals surface area contributed by atoms with E-state index in [1.807, 2.05) is 83.1 Å². The highest BCUT2D eigenvalue weighted by Gasteiger charge is 2.78. The van der Waals surface area contributed by atoms with Gasteiger partial charge in [-0.2, -0.15) is 0 Å². The third-order valence-electron chi connectivity index (χ3n) is 9.02. The van der Waals surface area contributed by atoms with Crippen molar-refractivity contribution in [2.75, 3.05) is 11.9 Å². The standard InChI is InChI=1S/C31H39N3O5/c1-18(2)23(17-35)34-26(28(37)33-22-15-19(3)11-12-20(22)4)31-14-13-30(5,39-31)24(25(31)29(34)38)27(36)32-16-21-9-7-6-8-10-21/h6-12,15,18,23-26,35H,13-14,16-17H2,1-5H3,(H,32,36)(H,33,37)/t23-,24-,25-,26?,30+,31?/m0/s1. The minimum absolute atomic E-state index is 0.108. The Morgan fingerprint density at radius 2 is 1.82 bits per heavy atom. The molecule has 0 radical (unpaired) electrons. The van der Waals surface area contributed by atoms with Gasteiger partial charge in [-0.3, -0.25) is 14.4 Å². The summed E-state index contributed by atoms with van der Waals surface area (Å²) in [6, 6.07) is 13.9. The number of aliphatic hydroxyl groups is 1. The number of aliphatic hydroxyl groups excluding tert-OH is 1. The molecular weight excluding hydrogens is 494 g/mol. The summed E-state index contributed by atoms with van der Waals surface area (Å²) >= 11 is 0. The summed E-state index contributed by atoms with van der Waals surface area (Å²) in [5, 5.41) is 16.4. The minimum Gasteiger partial charge on any atom is -0.394 e. The van der Waals surface area contributed by atoms with Gasteiger partial charge in [0.25, 0.3) is 0 Å². The number of anilines is 1. The van der Waals surface area contributed by atoms with Gasteiger partial charge >= 0.3 is 0 Å². The summed E-state index contributed by atoms with van der Waals surface area (Å²) in [4.78, 5) is 43.6. The van der Waals surface area contributed by atoms with Gasteiger partial charge in [-0.15, -0.1) is 0 Å². The lowest BCUT2D eigenvalue weighted by Crippen LogP contribution is -2.57. The zero-order chi connectivity index (χ0) is 28.1. The zero-order valence-corrected chi connectivity index (χ0v) is 23.4. The van der Waals surface area contributed by atoms with E-state index in [1.54, 1.807) is 0 Å². The number of nitrogens with zero attached hydrogens (tertiary/aromatic N) is 1. The molecule has 3 heterocycles. The SMILES string of the molecule is Cc1ccc(C)c(NC(=O)C2N([C@@H](CO)C(C)C)C(=O)[C@@H]3[C@@H](C(=O)NCc4ccccc4)[C@@]4(C)CCC23O4)c1. The van der Waals surface area contributed by atoms with Gasteiger partial charge in [-0.25, -0.2) is 0 Å². The largest absolute Gasteiger partial charge is 0.394 e. The Morgan fingerprint density at radius 3 is 2.49 bits per heavy atom. The molecule has 208 valence electrons. The van der Waals surface area contributed by atoms with Crippen molar-refractivity contribution in [1.82, 2.24) is 10.2 Å². The number of rotatable bonds is 8. The van der Waals surface area contributed by atoms with Crippen LogP contribution in [0, 0.1) is 31.6 Å². The Balaban J connectivity index is 1.52. The number of fused-ring (bicyclic) bond motifs is 1.